The zero-order valence-electron chi connectivity index (χ0n) is 15.8. The first-order valence-electron chi connectivity index (χ1n) is 9.01. The van der Waals surface area contributed by atoms with Gasteiger partial charge in [-0.15, -0.1) is 11.3 Å². The minimum absolute atomic E-state index is 0.00590. The Morgan fingerprint density at radius 3 is 2.68 bits per heavy atom. The predicted molar refractivity (Wildman–Crippen MR) is 111 cm³/mol. The molecule has 0 radical (unpaired) electrons. The molecule has 0 unspecified atom stereocenters. The molecule has 0 bridgehead atoms. The van der Waals surface area contributed by atoms with Crippen LogP contribution in [0.2, 0.25) is 5.02 Å². The Balaban J connectivity index is 1.70. The fourth-order valence-corrected chi connectivity index (χ4v) is 3.94. The number of carbonyl (C=O) groups excluding carboxylic acids is 3. The lowest BCUT2D eigenvalue weighted by molar-refractivity contribution is -0.132. The van der Waals surface area contributed by atoms with Crippen molar-refractivity contribution in [2.24, 2.45) is 5.92 Å². The van der Waals surface area contributed by atoms with E-state index in [0.29, 0.717) is 22.1 Å². The van der Waals surface area contributed by atoms with Gasteiger partial charge in [0.2, 0.25) is 11.8 Å². The summed E-state index contributed by atoms with van der Waals surface area (Å²) in [6.07, 6.45) is 0. The molecule has 1 saturated heterocycles. The van der Waals surface area contributed by atoms with Crippen molar-refractivity contribution >= 4 is 46.3 Å². The van der Waals surface area contributed by atoms with Crippen molar-refractivity contribution in [3.8, 4) is 0 Å². The van der Waals surface area contributed by atoms with Crippen LogP contribution in [0.1, 0.15) is 23.5 Å². The van der Waals surface area contributed by atoms with E-state index in [1.165, 1.54) is 21.1 Å². The average molecular weight is 420 g/mol. The molecule has 0 atom stereocenters. The summed E-state index contributed by atoms with van der Waals surface area (Å²) in [5.74, 6) is -0.354. The molecular formula is C20H22ClN3O3S. The number of carbonyl (C=O) groups is 3. The number of thiophene rings is 1. The number of hydrogen-bond acceptors (Lipinski definition) is 4. The lowest BCUT2D eigenvalue weighted by Crippen LogP contribution is -2.44. The second kappa shape index (κ2) is 8.75. The summed E-state index contributed by atoms with van der Waals surface area (Å²) in [6, 6.07) is 10.5. The number of benzene rings is 1. The molecule has 28 heavy (non-hydrogen) atoms. The normalized spacial score (nSPS) is 14.1. The van der Waals surface area contributed by atoms with Crippen LogP contribution in [0.15, 0.2) is 41.8 Å². The SMILES string of the molecule is CC(C)CN(CC(=O)N1CC(=O)N(c2cccc(Cl)c2)C1)C(=O)c1cccs1. The van der Waals surface area contributed by atoms with Crippen molar-refractivity contribution in [1.82, 2.24) is 9.80 Å². The maximum Gasteiger partial charge on any atom is 0.264 e. The molecule has 0 aliphatic carbocycles. The molecule has 1 fully saturated rings. The molecule has 8 heteroatoms. The Hall–Kier alpha value is -2.38. The third-order valence-corrected chi connectivity index (χ3v) is 5.44. The molecule has 2 aromatic rings. The van der Waals surface area contributed by atoms with Gasteiger partial charge in [-0.3, -0.25) is 19.3 Å². The largest absolute Gasteiger partial charge is 0.328 e. The molecule has 1 aromatic carbocycles. The van der Waals surface area contributed by atoms with E-state index in [1.54, 1.807) is 35.2 Å². The van der Waals surface area contributed by atoms with Gasteiger partial charge < -0.3 is 9.80 Å². The second-order valence-electron chi connectivity index (χ2n) is 7.09. The van der Waals surface area contributed by atoms with Crippen molar-refractivity contribution in [1.29, 1.82) is 0 Å². The lowest BCUT2D eigenvalue weighted by atomic mass is 10.2. The molecule has 1 aliphatic heterocycles. The first-order chi connectivity index (χ1) is 13.3. The topological polar surface area (TPSA) is 60.9 Å². The lowest BCUT2D eigenvalue weighted by Gasteiger charge is -2.26. The molecule has 148 valence electrons. The van der Waals surface area contributed by atoms with Crippen molar-refractivity contribution in [3.63, 3.8) is 0 Å². The van der Waals surface area contributed by atoms with Crippen LogP contribution >= 0.6 is 22.9 Å². The van der Waals surface area contributed by atoms with Gasteiger partial charge in [0.05, 0.1) is 4.88 Å². The zero-order valence-corrected chi connectivity index (χ0v) is 17.4. The van der Waals surface area contributed by atoms with E-state index in [-0.39, 0.29) is 43.4 Å². The smallest absolute Gasteiger partial charge is 0.264 e. The highest BCUT2D eigenvalue weighted by atomic mass is 35.5. The van der Waals surface area contributed by atoms with Gasteiger partial charge in [-0.05, 0) is 35.6 Å². The molecule has 0 spiro atoms. The second-order valence-corrected chi connectivity index (χ2v) is 8.48. The van der Waals surface area contributed by atoms with E-state index in [9.17, 15) is 14.4 Å². The molecule has 3 amide bonds. The number of amides is 3. The van der Waals surface area contributed by atoms with Gasteiger partial charge in [0.15, 0.2) is 0 Å². The maximum atomic E-state index is 12.8. The summed E-state index contributed by atoms with van der Waals surface area (Å²) in [7, 11) is 0. The zero-order chi connectivity index (χ0) is 20.3. The summed E-state index contributed by atoms with van der Waals surface area (Å²) >= 11 is 7.36. The van der Waals surface area contributed by atoms with E-state index in [4.69, 9.17) is 11.6 Å². The summed E-state index contributed by atoms with van der Waals surface area (Å²) < 4.78 is 0. The summed E-state index contributed by atoms with van der Waals surface area (Å²) in [5, 5.41) is 2.37. The van der Waals surface area contributed by atoms with Crippen LogP contribution < -0.4 is 4.90 Å². The number of rotatable bonds is 6. The maximum absolute atomic E-state index is 12.8. The number of anilines is 1. The molecule has 0 saturated carbocycles. The van der Waals surface area contributed by atoms with E-state index < -0.39 is 0 Å². The van der Waals surface area contributed by atoms with Crippen LogP contribution in [0.4, 0.5) is 5.69 Å². The van der Waals surface area contributed by atoms with Gasteiger partial charge >= 0.3 is 0 Å². The number of hydrogen-bond donors (Lipinski definition) is 0. The minimum atomic E-state index is -0.247. The number of nitrogens with zero attached hydrogens (tertiary/aromatic N) is 3. The number of halogens is 1. The van der Waals surface area contributed by atoms with Gasteiger partial charge in [-0.2, -0.15) is 0 Å². The van der Waals surface area contributed by atoms with Crippen LogP contribution in [-0.2, 0) is 9.59 Å². The van der Waals surface area contributed by atoms with Crippen LogP contribution in [0, 0.1) is 5.92 Å². The van der Waals surface area contributed by atoms with Gasteiger partial charge in [-0.25, -0.2) is 0 Å². The van der Waals surface area contributed by atoms with Crippen LogP contribution in [0.5, 0.6) is 0 Å². The Bertz CT molecular complexity index is 869. The quantitative estimate of drug-likeness (QED) is 0.721. The summed E-state index contributed by atoms with van der Waals surface area (Å²) in [6.45, 7) is 4.57. The molecule has 1 aromatic heterocycles. The first-order valence-corrected chi connectivity index (χ1v) is 10.3. The standard InChI is InChI=1S/C20H22ClN3O3S/c1-14(2)10-22(20(27)17-7-4-8-28-17)11-18(25)23-12-19(26)24(13-23)16-6-3-5-15(21)9-16/h3-9,14H,10-13H2,1-2H3. The molecule has 1 aliphatic rings. The Kier molecular flexibility index (Phi) is 6.36. The van der Waals surface area contributed by atoms with Gasteiger partial charge in [0.1, 0.15) is 19.8 Å². The molecule has 6 nitrogen and oxygen atoms in total. The predicted octanol–water partition coefficient (Wildman–Crippen LogP) is 3.33. The first kappa shape index (κ1) is 20.4. The highest BCUT2D eigenvalue weighted by Gasteiger charge is 2.33. The minimum Gasteiger partial charge on any atom is -0.328 e. The van der Waals surface area contributed by atoms with Gasteiger partial charge in [0, 0.05) is 17.3 Å². The monoisotopic (exact) mass is 419 g/mol. The highest BCUT2D eigenvalue weighted by Crippen LogP contribution is 2.23. The molecule has 2 heterocycles. The third-order valence-electron chi connectivity index (χ3n) is 4.34. The van der Waals surface area contributed by atoms with Crippen molar-refractivity contribution in [2.75, 3.05) is 31.2 Å². The Morgan fingerprint density at radius 2 is 2.04 bits per heavy atom. The van der Waals surface area contributed by atoms with E-state index >= 15 is 0 Å². The third kappa shape index (κ3) is 4.72. The summed E-state index contributed by atoms with van der Waals surface area (Å²) in [5.41, 5.74) is 0.654. The molecular weight excluding hydrogens is 398 g/mol. The van der Waals surface area contributed by atoms with E-state index in [0.717, 1.165) is 0 Å². The fourth-order valence-electron chi connectivity index (χ4n) is 3.06. The Morgan fingerprint density at radius 1 is 1.25 bits per heavy atom. The average Bonchev–Trinajstić information content (AvgIpc) is 3.30. The fraction of sp³-hybridized carbons (Fsp3) is 0.350. The molecule has 3 rings (SSSR count). The van der Waals surface area contributed by atoms with Gasteiger partial charge in [0.25, 0.3) is 5.91 Å². The van der Waals surface area contributed by atoms with Gasteiger partial charge in [-0.1, -0.05) is 37.6 Å². The van der Waals surface area contributed by atoms with Crippen molar-refractivity contribution in [2.45, 2.75) is 13.8 Å². The Labute approximate surface area is 173 Å². The summed E-state index contributed by atoms with van der Waals surface area (Å²) in [4.78, 5) is 43.1. The van der Waals surface area contributed by atoms with Crippen LogP contribution in [0.3, 0.4) is 0 Å². The molecule has 0 N–H and O–H groups in total. The highest BCUT2D eigenvalue weighted by molar-refractivity contribution is 7.12. The van der Waals surface area contributed by atoms with Crippen LogP contribution in [-0.4, -0.2) is 53.8 Å². The van der Waals surface area contributed by atoms with Crippen molar-refractivity contribution < 1.29 is 14.4 Å². The van der Waals surface area contributed by atoms with E-state index in [1.807, 2.05) is 25.3 Å². The van der Waals surface area contributed by atoms with Crippen molar-refractivity contribution in [3.05, 3.63) is 51.7 Å². The van der Waals surface area contributed by atoms with Crippen LogP contribution in [0.25, 0.3) is 0 Å². The van der Waals surface area contributed by atoms with E-state index in [2.05, 4.69) is 0 Å².